The molecule has 4 aromatic carbocycles. The third-order valence-electron chi connectivity index (χ3n) is 8.51. The van der Waals surface area contributed by atoms with Gasteiger partial charge in [0.1, 0.15) is 5.58 Å². The Bertz CT molecular complexity index is 2520. The van der Waals surface area contributed by atoms with Crippen LogP contribution in [0.3, 0.4) is 0 Å². The fraction of sp³-hybridized carbons (Fsp3) is 0. The highest BCUT2D eigenvalue weighted by molar-refractivity contribution is 6.19. The van der Waals surface area contributed by atoms with Crippen molar-refractivity contribution in [2.45, 2.75) is 0 Å². The quantitative estimate of drug-likeness (QED) is 0.199. The highest BCUT2D eigenvalue weighted by Gasteiger charge is 2.17. The SMILES string of the molecule is c1cc(-c2cc(-c3ccc(-c4ccncc4)cc3)nc(-c3ccncc3)n2)cc(-n2c3ccccc3c3c4occc4ccc32)c1. The van der Waals surface area contributed by atoms with Gasteiger partial charge in [0.05, 0.1) is 34.1 Å². The first-order valence-electron chi connectivity index (χ1n) is 15.1. The molecule has 0 unspecified atom stereocenters. The van der Waals surface area contributed by atoms with Crippen LogP contribution in [0.5, 0.6) is 0 Å². The zero-order chi connectivity index (χ0) is 30.5. The number of benzene rings is 4. The molecule has 9 aromatic rings. The van der Waals surface area contributed by atoms with Crippen molar-refractivity contribution in [2.75, 3.05) is 0 Å². The lowest BCUT2D eigenvalue weighted by molar-refractivity contribution is 0.619. The van der Waals surface area contributed by atoms with Gasteiger partial charge in [0.25, 0.3) is 0 Å². The number of rotatable bonds is 5. The van der Waals surface area contributed by atoms with Gasteiger partial charge < -0.3 is 8.98 Å². The van der Waals surface area contributed by atoms with Crippen molar-refractivity contribution in [3.8, 4) is 50.7 Å². The molecule has 0 aliphatic carbocycles. The second-order valence-corrected chi connectivity index (χ2v) is 11.2. The Kier molecular flexibility index (Phi) is 6.03. The van der Waals surface area contributed by atoms with E-state index in [0.29, 0.717) is 5.82 Å². The lowest BCUT2D eigenvalue weighted by Gasteiger charge is -2.12. The lowest BCUT2D eigenvalue weighted by Crippen LogP contribution is -1.98. The van der Waals surface area contributed by atoms with Gasteiger partial charge in [-0.05, 0) is 77.9 Å². The van der Waals surface area contributed by atoms with Gasteiger partial charge >= 0.3 is 0 Å². The van der Waals surface area contributed by atoms with Crippen LogP contribution >= 0.6 is 0 Å². The second-order valence-electron chi connectivity index (χ2n) is 11.2. The smallest absolute Gasteiger partial charge is 0.160 e. The number of hydrogen-bond acceptors (Lipinski definition) is 5. The van der Waals surface area contributed by atoms with Crippen LogP contribution in [0.1, 0.15) is 0 Å². The molecule has 0 saturated carbocycles. The van der Waals surface area contributed by atoms with Crippen molar-refractivity contribution in [3.05, 3.63) is 152 Å². The van der Waals surface area contributed by atoms with E-state index in [-0.39, 0.29) is 0 Å². The van der Waals surface area contributed by atoms with E-state index < -0.39 is 0 Å². The molecule has 5 heterocycles. The van der Waals surface area contributed by atoms with E-state index >= 15 is 0 Å². The van der Waals surface area contributed by atoms with Gasteiger partial charge in [-0.15, -0.1) is 0 Å². The molecule has 5 aromatic heterocycles. The number of nitrogens with zero attached hydrogens (tertiary/aromatic N) is 5. The zero-order valence-electron chi connectivity index (χ0n) is 24.6. The summed E-state index contributed by atoms with van der Waals surface area (Å²) in [7, 11) is 0. The van der Waals surface area contributed by atoms with Crippen LogP contribution in [0.2, 0.25) is 0 Å². The van der Waals surface area contributed by atoms with Crippen molar-refractivity contribution in [2.24, 2.45) is 0 Å². The molecule has 0 radical (unpaired) electrons. The maximum atomic E-state index is 5.99. The molecular weight excluding hydrogens is 566 g/mol. The van der Waals surface area contributed by atoms with Crippen molar-refractivity contribution >= 4 is 32.8 Å². The van der Waals surface area contributed by atoms with Crippen molar-refractivity contribution in [1.29, 1.82) is 0 Å². The van der Waals surface area contributed by atoms with Crippen LogP contribution in [-0.4, -0.2) is 24.5 Å². The average molecular weight is 592 g/mol. The summed E-state index contributed by atoms with van der Waals surface area (Å²) in [4.78, 5) is 18.4. The minimum atomic E-state index is 0.649. The summed E-state index contributed by atoms with van der Waals surface area (Å²) in [5, 5.41) is 3.36. The summed E-state index contributed by atoms with van der Waals surface area (Å²) in [6.07, 6.45) is 8.93. The molecular formula is C40H25N5O. The average Bonchev–Trinajstić information content (AvgIpc) is 3.75. The normalized spacial score (nSPS) is 11.5. The van der Waals surface area contributed by atoms with Crippen molar-refractivity contribution in [3.63, 3.8) is 0 Å². The highest BCUT2D eigenvalue weighted by Crippen LogP contribution is 2.38. The summed E-state index contributed by atoms with van der Waals surface area (Å²) >= 11 is 0. The van der Waals surface area contributed by atoms with Gasteiger partial charge in [0.15, 0.2) is 5.82 Å². The van der Waals surface area contributed by atoms with E-state index in [1.54, 1.807) is 18.7 Å². The molecule has 0 fully saturated rings. The molecule has 6 nitrogen and oxygen atoms in total. The summed E-state index contributed by atoms with van der Waals surface area (Å²) in [6.45, 7) is 0. The predicted molar refractivity (Wildman–Crippen MR) is 183 cm³/mol. The largest absolute Gasteiger partial charge is 0.464 e. The topological polar surface area (TPSA) is 69.6 Å². The number of furan rings is 1. The van der Waals surface area contributed by atoms with Crippen LogP contribution in [-0.2, 0) is 0 Å². The molecule has 0 aliphatic rings. The van der Waals surface area contributed by atoms with Gasteiger partial charge in [0, 0.05) is 57.9 Å². The van der Waals surface area contributed by atoms with E-state index in [0.717, 1.165) is 77.7 Å². The molecule has 0 N–H and O–H groups in total. The summed E-state index contributed by atoms with van der Waals surface area (Å²) in [5.41, 5.74) is 11.0. The number of aromatic nitrogens is 5. The van der Waals surface area contributed by atoms with Crippen LogP contribution in [0, 0.1) is 0 Å². The Morgan fingerprint density at radius 2 is 1.20 bits per heavy atom. The predicted octanol–water partition coefficient (Wildman–Crippen LogP) is 9.78. The number of pyridine rings is 2. The molecule has 0 aliphatic heterocycles. The summed E-state index contributed by atoms with van der Waals surface area (Å²) in [6, 6.07) is 41.8. The van der Waals surface area contributed by atoms with E-state index in [2.05, 4.69) is 106 Å². The Morgan fingerprint density at radius 1 is 0.500 bits per heavy atom. The minimum Gasteiger partial charge on any atom is -0.464 e. The highest BCUT2D eigenvalue weighted by atomic mass is 16.3. The first kappa shape index (κ1) is 26.0. The lowest BCUT2D eigenvalue weighted by atomic mass is 10.0. The van der Waals surface area contributed by atoms with Crippen LogP contribution in [0.15, 0.2) is 157 Å². The van der Waals surface area contributed by atoms with Gasteiger partial charge in [-0.2, -0.15) is 0 Å². The summed E-state index contributed by atoms with van der Waals surface area (Å²) in [5.74, 6) is 0.649. The Balaban J connectivity index is 1.21. The van der Waals surface area contributed by atoms with Gasteiger partial charge in [-0.1, -0.05) is 54.6 Å². The Morgan fingerprint density at radius 3 is 2.00 bits per heavy atom. The third kappa shape index (κ3) is 4.35. The number of para-hydroxylation sites is 1. The monoisotopic (exact) mass is 591 g/mol. The second kappa shape index (κ2) is 10.6. The third-order valence-corrected chi connectivity index (χ3v) is 8.51. The number of hydrogen-bond donors (Lipinski definition) is 0. The molecule has 9 rings (SSSR count). The van der Waals surface area contributed by atoms with Crippen LogP contribution in [0.4, 0.5) is 0 Å². The van der Waals surface area contributed by atoms with Gasteiger partial charge in [-0.3, -0.25) is 9.97 Å². The summed E-state index contributed by atoms with van der Waals surface area (Å²) < 4.78 is 8.29. The molecule has 216 valence electrons. The van der Waals surface area contributed by atoms with E-state index in [4.69, 9.17) is 14.4 Å². The first-order chi connectivity index (χ1) is 22.8. The zero-order valence-corrected chi connectivity index (χ0v) is 24.6. The fourth-order valence-corrected chi connectivity index (χ4v) is 6.31. The standard InChI is InChI=1S/C40H25N5O/c1-2-7-36-33(6-1)38-37(13-12-29-18-23-46-39(29)38)45(36)32-5-3-4-31(24-32)35-25-34(43-40(44-35)30-16-21-42-22-17-30)28-10-8-26(9-11-28)27-14-19-41-20-15-27/h1-25H. The minimum absolute atomic E-state index is 0.649. The fourth-order valence-electron chi connectivity index (χ4n) is 6.31. The molecule has 0 amide bonds. The molecule has 0 saturated heterocycles. The van der Waals surface area contributed by atoms with Gasteiger partial charge in [-0.25, -0.2) is 9.97 Å². The Labute approximate surface area is 264 Å². The van der Waals surface area contributed by atoms with Crippen LogP contribution in [0.25, 0.3) is 83.5 Å². The Hall–Kier alpha value is -6.40. The van der Waals surface area contributed by atoms with Gasteiger partial charge in [0.2, 0.25) is 0 Å². The molecule has 46 heavy (non-hydrogen) atoms. The number of fused-ring (bicyclic) bond motifs is 5. The van der Waals surface area contributed by atoms with Crippen molar-refractivity contribution < 1.29 is 4.42 Å². The van der Waals surface area contributed by atoms with E-state index in [1.165, 1.54) is 0 Å². The maximum Gasteiger partial charge on any atom is 0.160 e. The van der Waals surface area contributed by atoms with Crippen molar-refractivity contribution in [1.82, 2.24) is 24.5 Å². The molecule has 0 spiro atoms. The first-order valence-corrected chi connectivity index (χ1v) is 15.1. The maximum absolute atomic E-state index is 5.99. The molecule has 0 bridgehead atoms. The van der Waals surface area contributed by atoms with Crippen LogP contribution < -0.4 is 0 Å². The van der Waals surface area contributed by atoms with E-state index in [9.17, 15) is 0 Å². The van der Waals surface area contributed by atoms with E-state index in [1.807, 2.05) is 42.7 Å². The molecule has 6 heteroatoms. The molecule has 0 atom stereocenters.